The molecule has 0 aliphatic rings. The Hall–Kier alpha value is -2.84. The topological polar surface area (TPSA) is 68.6 Å². The molecule has 0 fully saturated rings. The summed E-state index contributed by atoms with van der Waals surface area (Å²) in [6.07, 6.45) is 3.24. The van der Waals surface area contributed by atoms with Gasteiger partial charge < -0.3 is 19.7 Å². The number of carbonyl (C=O) groups is 1. The number of halogens is 1. The van der Waals surface area contributed by atoms with Crippen LogP contribution >= 0.6 is 15.9 Å². The van der Waals surface area contributed by atoms with Gasteiger partial charge in [-0.1, -0.05) is 29.8 Å². The summed E-state index contributed by atoms with van der Waals surface area (Å²) in [7, 11) is 1.60. The van der Waals surface area contributed by atoms with Crippen molar-refractivity contribution >= 4 is 27.5 Å². The molecule has 0 unspecified atom stereocenters. The smallest absolute Gasteiger partial charge is 0.258 e. The third kappa shape index (κ3) is 6.08. The first kappa shape index (κ1) is 22.8. The second-order valence-electron chi connectivity index (χ2n) is 6.85. The number of hydrogen-bond donors (Lipinski definition) is 1. The quantitative estimate of drug-likeness (QED) is 0.452. The van der Waals surface area contributed by atoms with E-state index in [4.69, 9.17) is 9.47 Å². The van der Waals surface area contributed by atoms with Crippen LogP contribution in [0.15, 0.2) is 59.3 Å². The first-order chi connectivity index (χ1) is 15.0. The summed E-state index contributed by atoms with van der Waals surface area (Å²) in [5.41, 5.74) is 1.96. The lowest BCUT2D eigenvalue weighted by molar-refractivity contribution is 0.102. The van der Waals surface area contributed by atoms with Crippen molar-refractivity contribution in [1.29, 1.82) is 0 Å². The SMILES string of the molecule is CCN(CC)CCOc1cc(NC(=O)c2cnn(-c3ccc(Br)cc3)c2)ccc1OC. The Labute approximate surface area is 191 Å². The first-order valence-corrected chi connectivity index (χ1v) is 11.0. The maximum Gasteiger partial charge on any atom is 0.258 e. The Bertz CT molecular complexity index is 1000. The van der Waals surface area contributed by atoms with E-state index in [0.717, 1.165) is 29.8 Å². The van der Waals surface area contributed by atoms with Gasteiger partial charge in [0.25, 0.3) is 5.91 Å². The number of benzene rings is 2. The molecule has 0 saturated heterocycles. The van der Waals surface area contributed by atoms with Crippen molar-refractivity contribution in [3.8, 4) is 17.2 Å². The fourth-order valence-corrected chi connectivity index (χ4v) is 3.33. The number of methoxy groups -OCH3 is 1. The van der Waals surface area contributed by atoms with E-state index in [-0.39, 0.29) is 5.91 Å². The molecule has 0 radical (unpaired) electrons. The zero-order valence-electron chi connectivity index (χ0n) is 18.0. The highest BCUT2D eigenvalue weighted by Crippen LogP contribution is 2.30. The number of amides is 1. The number of aromatic nitrogens is 2. The molecule has 3 rings (SSSR count). The number of ether oxygens (including phenoxy) is 2. The van der Waals surface area contributed by atoms with Crippen molar-refractivity contribution in [3.63, 3.8) is 0 Å². The van der Waals surface area contributed by atoms with Crippen molar-refractivity contribution in [2.45, 2.75) is 13.8 Å². The number of nitrogens with one attached hydrogen (secondary N) is 1. The van der Waals surface area contributed by atoms with Gasteiger partial charge in [-0.3, -0.25) is 4.79 Å². The van der Waals surface area contributed by atoms with Gasteiger partial charge in [0.05, 0.1) is 24.6 Å². The molecular formula is C23H27BrN4O3. The van der Waals surface area contributed by atoms with Gasteiger partial charge in [0.1, 0.15) is 6.61 Å². The number of carbonyl (C=O) groups excluding carboxylic acids is 1. The van der Waals surface area contributed by atoms with E-state index in [0.29, 0.717) is 29.4 Å². The summed E-state index contributed by atoms with van der Waals surface area (Å²) >= 11 is 3.41. The Morgan fingerprint density at radius 1 is 1.13 bits per heavy atom. The van der Waals surface area contributed by atoms with Gasteiger partial charge >= 0.3 is 0 Å². The maximum atomic E-state index is 12.7. The van der Waals surface area contributed by atoms with Gasteiger partial charge in [-0.05, 0) is 49.5 Å². The van der Waals surface area contributed by atoms with Crippen LogP contribution < -0.4 is 14.8 Å². The monoisotopic (exact) mass is 486 g/mol. The lowest BCUT2D eigenvalue weighted by Gasteiger charge is -2.19. The van der Waals surface area contributed by atoms with Crippen LogP contribution in [0, 0.1) is 0 Å². The highest BCUT2D eigenvalue weighted by atomic mass is 79.9. The van der Waals surface area contributed by atoms with E-state index in [2.05, 4.69) is 45.1 Å². The highest BCUT2D eigenvalue weighted by molar-refractivity contribution is 9.10. The number of nitrogens with zero attached hydrogens (tertiary/aromatic N) is 3. The first-order valence-electron chi connectivity index (χ1n) is 10.2. The third-order valence-corrected chi connectivity index (χ3v) is 5.45. The fourth-order valence-electron chi connectivity index (χ4n) is 3.07. The van der Waals surface area contributed by atoms with E-state index in [9.17, 15) is 4.79 Å². The average Bonchev–Trinajstić information content (AvgIpc) is 3.28. The van der Waals surface area contributed by atoms with Crippen molar-refractivity contribution in [1.82, 2.24) is 14.7 Å². The van der Waals surface area contributed by atoms with Gasteiger partial charge in [-0.15, -0.1) is 0 Å². The van der Waals surface area contributed by atoms with E-state index < -0.39 is 0 Å². The van der Waals surface area contributed by atoms with Gasteiger partial charge in [-0.2, -0.15) is 5.10 Å². The van der Waals surface area contributed by atoms with Crippen molar-refractivity contribution < 1.29 is 14.3 Å². The normalized spacial score (nSPS) is 10.9. The lowest BCUT2D eigenvalue weighted by atomic mass is 10.2. The molecule has 1 aromatic heterocycles. The number of rotatable bonds is 10. The Kier molecular flexibility index (Phi) is 8.08. The molecule has 0 saturated carbocycles. The van der Waals surface area contributed by atoms with Crippen LogP contribution in [-0.4, -0.2) is 53.9 Å². The zero-order chi connectivity index (χ0) is 22.2. The summed E-state index contributed by atoms with van der Waals surface area (Å²) in [6.45, 7) is 7.55. The number of likely N-dealkylation sites (N-methyl/N-ethyl adjacent to an activating group) is 1. The second kappa shape index (κ2) is 11.0. The van der Waals surface area contributed by atoms with Gasteiger partial charge in [-0.25, -0.2) is 4.68 Å². The molecule has 1 heterocycles. The van der Waals surface area contributed by atoms with Crippen LogP contribution in [0.5, 0.6) is 11.5 Å². The molecule has 31 heavy (non-hydrogen) atoms. The zero-order valence-corrected chi connectivity index (χ0v) is 19.6. The summed E-state index contributed by atoms with van der Waals surface area (Å²) < 4.78 is 14.0. The van der Waals surface area contributed by atoms with Gasteiger partial charge in [0.2, 0.25) is 0 Å². The molecule has 1 amide bonds. The van der Waals surface area contributed by atoms with Gasteiger partial charge in [0.15, 0.2) is 11.5 Å². The summed E-state index contributed by atoms with van der Waals surface area (Å²) in [4.78, 5) is 15.0. The van der Waals surface area contributed by atoms with Crippen LogP contribution in [0.1, 0.15) is 24.2 Å². The summed E-state index contributed by atoms with van der Waals surface area (Å²) in [6, 6.07) is 13.0. The fraction of sp³-hybridized carbons (Fsp3) is 0.304. The third-order valence-electron chi connectivity index (χ3n) is 4.92. The second-order valence-corrected chi connectivity index (χ2v) is 7.76. The molecule has 3 aromatic rings. The van der Waals surface area contributed by atoms with Crippen molar-refractivity contribution in [3.05, 3.63) is 64.9 Å². The Morgan fingerprint density at radius 2 is 1.87 bits per heavy atom. The molecule has 0 aliphatic heterocycles. The standard InChI is InChI=1S/C23H27BrN4O3/c1-4-27(5-2)12-13-31-22-14-19(8-11-21(22)30-3)26-23(29)17-15-25-28(16-17)20-9-6-18(24)7-10-20/h6-11,14-16H,4-5,12-13H2,1-3H3,(H,26,29). The predicted octanol–water partition coefficient (Wildman–Crippen LogP) is 4.62. The molecule has 0 aliphatic carbocycles. The largest absolute Gasteiger partial charge is 0.493 e. The molecule has 2 aromatic carbocycles. The molecule has 0 bridgehead atoms. The molecule has 8 heteroatoms. The summed E-state index contributed by atoms with van der Waals surface area (Å²) in [5.74, 6) is 0.973. The van der Waals surface area contributed by atoms with E-state index in [1.807, 2.05) is 24.3 Å². The van der Waals surface area contributed by atoms with Crippen LogP contribution in [-0.2, 0) is 0 Å². The Morgan fingerprint density at radius 3 is 2.55 bits per heavy atom. The van der Waals surface area contributed by atoms with Crippen molar-refractivity contribution in [2.75, 3.05) is 38.7 Å². The van der Waals surface area contributed by atoms with Crippen molar-refractivity contribution in [2.24, 2.45) is 0 Å². The predicted molar refractivity (Wildman–Crippen MR) is 125 cm³/mol. The minimum Gasteiger partial charge on any atom is -0.493 e. The molecule has 1 N–H and O–H groups in total. The van der Waals surface area contributed by atoms with E-state index in [1.54, 1.807) is 42.4 Å². The number of anilines is 1. The van der Waals surface area contributed by atoms with E-state index in [1.165, 1.54) is 0 Å². The van der Waals surface area contributed by atoms with Crippen LogP contribution in [0.3, 0.4) is 0 Å². The molecule has 0 spiro atoms. The van der Waals surface area contributed by atoms with Gasteiger partial charge in [0, 0.05) is 29.0 Å². The van der Waals surface area contributed by atoms with Crippen LogP contribution in [0.25, 0.3) is 5.69 Å². The molecule has 164 valence electrons. The van der Waals surface area contributed by atoms with Crippen LogP contribution in [0.4, 0.5) is 5.69 Å². The number of hydrogen-bond acceptors (Lipinski definition) is 5. The minimum absolute atomic E-state index is 0.248. The minimum atomic E-state index is -0.248. The molecule has 0 atom stereocenters. The average molecular weight is 487 g/mol. The Balaban J connectivity index is 1.67. The lowest BCUT2D eigenvalue weighted by Crippen LogP contribution is -2.28. The molecular weight excluding hydrogens is 460 g/mol. The molecule has 7 nitrogen and oxygen atoms in total. The highest BCUT2D eigenvalue weighted by Gasteiger charge is 2.13. The van der Waals surface area contributed by atoms with Crippen LogP contribution in [0.2, 0.25) is 0 Å². The van der Waals surface area contributed by atoms with E-state index >= 15 is 0 Å². The maximum absolute atomic E-state index is 12.7. The summed E-state index contributed by atoms with van der Waals surface area (Å²) in [5, 5.41) is 7.19.